The van der Waals surface area contributed by atoms with E-state index in [2.05, 4.69) is 30.5 Å². The third kappa shape index (κ3) is 3.01. The van der Waals surface area contributed by atoms with Crippen molar-refractivity contribution in [3.63, 3.8) is 0 Å². The van der Waals surface area contributed by atoms with Crippen molar-refractivity contribution < 1.29 is 0 Å². The summed E-state index contributed by atoms with van der Waals surface area (Å²) in [6, 6.07) is 1.84. The molecule has 2 heterocycles. The molecule has 0 aromatic carbocycles. The van der Waals surface area contributed by atoms with Crippen molar-refractivity contribution in [1.82, 2.24) is 25.1 Å². The fourth-order valence-corrected chi connectivity index (χ4v) is 1.22. The molecule has 0 spiro atoms. The highest BCUT2D eigenvalue weighted by molar-refractivity contribution is 5.31. The number of aromatic nitrogens is 5. The first-order valence-corrected chi connectivity index (χ1v) is 4.79. The van der Waals surface area contributed by atoms with E-state index in [0.717, 1.165) is 31.0 Å². The van der Waals surface area contributed by atoms with Crippen LogP contribution in [-0.4, -0.2) is 31.7 Å². The van der Waals surface area contributed by atoms with E-state index < -0.39 is 0 Å². The Kier molecular flexibility index (Phi) is 3.22. The fourth-order valence-electron chi connectivity index (χ4n) is 1.22. The Morgan fingerprint density at radius 1 is 1.27 bits per heavy atom. The van der Waals surface area contributed by atoms with Crippen LogP contribution < -0.4 is 5.32 Å². The Balaban J connectivity index is 1.68. The van der Waals surface area contributed by atoms with Crippen molar-refractivity contribution >= 4 is 5.82 Å². The first-order valence-electron chi connectivity index (χ1n) is 4.79. The summed E-state index contributed by atoms with van der Waals surface area (Å²) in [6.07, 6.45) is 6.63. The summed E-state index contributed by atoms with van der Waals surface area (Å²) in [7, 11) is 0. The van der Waals surface area contributed by atoms with Gasteiger partial charge in [-0.2, -0.15) is 5.10 Å². The van der Waals surface area contributed by atoms with Gasteiger partial charge >= 0.3 is 0 Å². The molecule has 0 bridgehead atoms. The van der Waals surface area contributed by atoms with E-state index in [4.69, 9.17) is 0 Å². The molecule has 0 amide bonds. The lowest BCUT2D eigenvalue weighted by Gasteiger charge is -2.02. The van der Waals surface area contributed by atoms with Gasteiger partial charge in [0.1, 0.15) is 24.3 Å². The van der Waals surface area contributed by atoms with Gasteiger partial charge in [-0.15, -0.1) is 0 Å². The smallest absolute Gasteiger partial charge is 0.137 e. The predicted molar refractivity (Wildman–Crippen MR) is 55.2 cm³/mol. The average Bonchev–Trinajstić information content (AvgIpc) is 2.79. The normalized spacial score (nSPS) is 10.1. The van der Waals surface area contributed by atoms with Crippen LogP contribution in [0.3, 0.4) is 0 Å². The third-order valence-corrected chi connectivity index (χ3v) is 1.94. The van der Waals surface area contributed by atoms with Gasteiger partial charge in [-0.25, -0.2) is 15.0 Å². The summed E-state index contributed by atoms with van der Waals surface area (Å²) in [6.45, 7) is 0.859. The second-order valence-electron chi connectivity index (χ2n) is 3.06. The van der Waals surface area contributed by atoms with E-state index in [9.17, 15) is 0 Å². The number of aromatic amines is 1. The Morgan fingerprint density at radius 3 is 3.00 bits per heavy atom. The van der Waals surface area contributed by atoms with Gasteiger partial charge in [0.2, 0.25) is 0 Å². The minimum absolute atomic E-state index is 0.850. The van der Waals surface area contributed by atoms with E-state index in [1.165, 1.54) is 12.7 Å². The minimum Gasteiger partial charge on any atom is -0.370 e. The largest absolute Gasteiger partial charge is 0.370 e. The maximum Gasteiger partial charge on any atom is 0.137 e. The number of aryl methyl sites for hydroxylation is 1. The summed E-state index contributed by atoms with van der Waals surface area (Å²) in [5.74, 6) is 1.77. The molecule has 0 saturated carbocycles. The predicted octanol–water partition coefficient (Wildman–Crippen LogP) is 0.639. The molecule has 15 heavy (non-hydrogen) atoms. The molecule has 78 valence electrons. The molecule has 0 unspecified atom stereocenters. The Hall–Kier alpha value is -1.98. The monoisotopic (exact) mass is 204 g/mol. The molecule has 0 radical (unpaired) electrons. The zero-order valence-corrected chi connectivity index (χ0v) is 8.22. The number of anilines is 1. The first-order chi connectivity index (χ1) is 7.45. The maximum absolute atomic E-state index is 4.06. The Labute approximate surface area is 87.2 Å². The molecule has 2 rings (SSSR count). The highest BCUT2D eigenvalue weighted by atomic mass is 15.2. The third-order valence-electron chi connectivity index (χ3n) is 1.94. The van der Waals surface area contributed by atoms with Crippen molar-refractivity contribution in [3.8, 4) is 0 Å². The van der Waals surface area contributed by atoms with Gasteiger partial charge in [0.25, 0.3) is 0 Å². The van der Waals surface area contributed by atoms with Gasteiger partial charge in [-0.3, -0.25) is 5.10 Å². The highest BCUT2D eigenvalue weighted by Gasteiger charge is 1.95. The van der Waals surface area contributed by atoms with E-state index >= 15 is 0 Å². The highest BCUT2D eigenvalue weighted by Crippen LogP contribution is 1.99. The molecule has 0 saturated heterocycles. The lowest BCUT2D eigenvalue weighted by molar-refractivity contribution is 0.803. The molecule has 0 aliphatic carbocycles. The summed E-state index contributed by atoms with van der Waals surface area (Å²) in [5, 5.41) is 9.80. The van der Waals surface area contributed by atoms with Crippen LogP contribution in [0.4, 0.5) is 5.82 Å². The van der Waals surface area contributed by atoms with Crippen LogP contribution in [0.1, 0.15) is 12.2 Å². The summed E-state index contributed by atoms with van der Waals surface area (Å²) in [5.41, 5.74) is 0. The van der Waals surface area contributed by atoms with Crippen molar-refractivity contribution in [1.29, 1.82) is 0 Å². The van der Waals surface area contributed by atoms with Crippen LogP contribution in [0.2, 0.25) is 0 Å². The molecule has 2 aromatic heterocycles. The number of H-pyrrole nitrogens is 1. The molecule has 2 N–H and O–H groups in total. The molecular weight excluding hydrogens is 192 g/mol. The van der Waals surface area contributed by atoms with Gasteiger partial charge in [0.05, 0.1) is 0 Å². The lowest BCUT2D eigenvalue weighted by atomic mass is 10.3. The zero-order valence-electron chi connectivity index (χ0n) is 8.22. The topological polar surface area (TPSA) is 79.4 Å². The number of nitrogens with zero attached hydrogens (tertiary/aromatic N) is 4. The van der Waals surface area contributed by atoms with E-state index in [-0.39, 0.29) is 0 Å². The quantitative estimate of drug-likeness (QED) is 0.699. The lowest BCUT2D eigenvalue weighted by Crippen LogP contribution is -2.05. The summed E-state index contributed by atoms with van der Waals surface area (Å²) < 4.78 is 0. The van der Waals surface area contributed by atoms with Crippen LogP contribution in [0.15, 0.2) is 24.9 Å². The molecule has 0 aliphatic rings. The van der Waals surface area contributed by atoms with Crippen LogP contribution in [0.25, 0.3) is 0 Å². The van der Waals surface area contributed by atoms with Crippen LogP contribution >= 0.6 is 0 Å². The van der Waals surface area contributed by atoms with Crippen LogP contribution in [0, 0.1) is 0 Å². The van der Waals surface area contributed by atoms with Gasteiger partial charge in [0.15, 0.2) is 0 Å². The van der Waals surface area contributed by atoms with Crippen molar-refractivity contribution in [3.05, 3.63) is 30.7 Å². The molecule has 0 fully saturated rings. The zero-order chi connectivity index (χ0) is 10.3. The van der Waals surface area contributed by atoms with Gasteiger partial charge in [0, 0.05) is 19.2 Å². The molecular formula is C9H12N6. The Bertz CT molecular complexity index is 371. The number of hydrogen-bond acceptors (Lipinski definition) is 5. The summed E-state index contributed by atoms with van der Waals surface area (Å²) >= 11 is 0. The van der Waals surface area contributed by atoms with Crippen LogP contribution in [0.5, 0.6) is 0 Å². The van der Waals surface area contributed by atoms with Crippen molar-refractivity contribution in [2.45, 2.75) is 12.8 Å². The van der Waals surface area contributed by atoms with Crippen molar-refractivity contribution in [2.24, 2.45) is 0 Å². The van der Waals surface area contributed by atoms with Crippen LogP contribution in [-0.2, 0) is 6.42 Å². The maximum atomic E-state index is 4.06. The number of hydrogen-bond donors (Lipinski definition) is 2. The number of rotatable bonds is 5. The molecule has 0 atom stereocenters. The molecule has 2 aromatic rings. The summed E-state index contributed by atoms with van der Waals surface area (Å²) in [4.78, 5) is 11.9. The number of nitrogens with one attached hydrogen (secondary N) is 2. The minimum atomic E-state index is 0.850. The first kappa shape index (κ1) is 9.57. The van der Waals surface area contributed by atoms with E-state index in [1.54, 1.807) is 6.20 Å². The van der Waals surface area contributed by atoms with Gasteiger partial charge < -0.3 is 5.32 Å². The van der Waals surface area contributed by atoms with Gasteiger partial charge in [-0.05, 0) is 12.5 Å². The fraction of sp³-hybridized carbons (Fsp3) is 0.333. The molecule has 6 nitrogen and oxygen atoms in total. The molecule has 6 heteroatoms. The SMILES string of the molecule is c1cc(NCCCc2ncn[nH]2)ncn1. The second kappa shape index (κ2) is 5.04. The van der Waals surface area contributed by atoms with E-state index in [0.29, 0.717) is 0 Å². The molecule has 0 aliphatic heterocycles. The standard InChI is InChI=1S/C9H12N6/c1(2-9-13-7-14-15-9)4-11-8-3-5-10-6-12-8/h3,5-7H,1-2,4H2,(H,10,11,12)(H,13,14,15). The van der Waals surface area contributed by atoms with Crippen molar-refractivity contribution in [2.75, 3.05) is 11.9 Å². The average molecular weight is 204 g/mol. The second-order valence-corrected chi connectivity index (χ2v) is 3.06. The van der Waals surface area contributed by atoms with E-state index in [1.807, 2.05) is 6.07 Å². The Morgan fingerprint density at radius 2 is 2.27 bits per heavy atom. The van der Waals surface area contributed by atoms with Gasteiger partial charge in [-0.1, -0.05) is 0 Å².